The van der Waals surface area contributed by atoms with Gasteiger partial charge >= 0.3 is 6.16 Å². The first-order valence-corrected chi connectivity index (χ1v) is 9.35. The van der Waals surface area contributed by atoms with Crippen molar-refractivity contribution in [2.45, 2.75) is 51.2 Å². The van der Waals surface area contributed by atoms with E-state index < -0.39 is 16.9 Å². The summed E-state index contributed by atoms with van der Waals surface area (Å²) in [4.78, 5) is 21.5. The highest BCUT2D eigenvalue weighted by Crippen LogP contribution is 2.34. The van der Waals surface area contributed by atoms with Gasteiger partial charge in [-0.05, 0) is 38.2 Å². The molecule has 1 saturated heterocycles. The third-order valence-electron chi connectivity index (χ3n) is 4.25. The molecule has 1 aromatic rings. The molecule has 1 aliphatic rings. The number of hydrogen-bond donors (Lipinski definition) is 0. The van der Waals surface area contributed by atoms with Crippen LogP contribution < -0.4 is 0 Å². The van der Waals surface area contributed by atoms with Crippen LogP contribution in [0.3, 0.4) is 0 Å². The Kier molecular flexibility index (Phi) is 8.47. The Labute approximate surface area is 158 Å². The quantitative estimate of drug-likeness (QED) is 0.167. The van der Waals surface area contributed by atoms with Crippen LogP contribution in [0.2, 0.25) is 0 Å². The van der Waals surface area contributed by atoms with Crippen molar-refractivity contribution < 1.29 is 28.7 Å². The molecule has 0 spiro atoms. The van der Waals surface area contributed by atoms with Gasteiger partial charge in [0.2, 0.25) is 5.79 Å². The van der Waals surface area contributed by atoms with E-state index in [4.69, 9.17) is 18.9 Å². The number of nitro benzene ring substituents is 1. The topological polar surface area (TPSA) is 100 Å². The molecule has 0 saturated carbocycles. The lowest BCUT2D eigenvalue weighted by molar-refractivity contribution is -0.384. The Morgan fingerprint density at radius 3 is 2.52 bits per heavy atom. The van der Waals surface area contributed by atoms with Gasteiger partial charge in [-0.15, -0.1) is 0 Å². The van der Waals surface area contributed by atoms with E-state index in [1.54, 1.807) is 19.1 Å². The molecule has 0 aliphatic carbocycles. The molecule has 8 heteroatoms. The lowest BCUT2D eigenvalue weighted by Crippen LogP contribution is -2.22. The lowest BCUT2D eigenvalue weighted by Gasteiger charge is -2.12. The smallest absolute Gasteiger partial charge is 0.435 e. The number of epoxide rings is 1. The zero-order valence-corrected chi connectivity index (χ0v) is 15.7. The molecule has 2 rings (SSSR count). The molecule has 1 heterocycles. The van der Waals surface area contributed by atoms with Gasteiger partial charge < -0.3 is 18.9 Å². The number of carbonyl (C=O) groups excluding carboxylic acids is 1. The first-order chi connectivity index (χ1) is 13.0. The number of aryl methyl sites for hydroxylation is 1. The zero-order chi connectivity index (χ0) is 19.5. The van der Waals surface area contributed by atoms with Gasteiger partial charge in [0.15, 0.2) is 0 Å². The molecule has 0 N–H and O–H groups in total. The van der Waals surface area contributed by atoms with Gasteiger partial charge in [-0.1, -0.05) is 18.6 Å². The number of carbonyl (C=O) groups is 1. The van der Waals surface area contributed by atoms with Crippen molar-refractivity contribution >= 4 is 11.8 Å². The van der Waals surface area contributed by atoms with Crippen LogP contribution in [0.1, 0.15) is 44.6 Å². The highest BCUT2D eigenvalue weighted by atomic mass is 16.8. The standard InChI is InChI=1S/C19H27NO7/c1-2-25-18(21)27-19(15-26-19)12-4-3-5-13-24-14-6-7-16-8-10-17(11-9-16)20(22)23/h8-11H,2-7,12-15H2,1H3. The normalized spacial score (nSPS) is 18.1. The fraction of sp³-hybridized carbons (Fsp3) is 0.632. The first kappa shape index (κ1) is 21.1. The fourth-order valence-corrected chi connectivity index (χ4v) is 2.67. The van der Waals surface area contributed by atoms with Crippen molar-refractivity contribution in [2.75, 3.05) is 26.4 Å². The minimum atomic E-state index is -0.766. The SMILES string of the molecule is CCOC(=O)OC1(CCCCCOCCCc2ccc([N+](=O)[O-])cc2)CO1. The average molecular weight is 381 g/mol. The van der Waals surface area contributed by atoms with E-state index in [0.717, 1.165) is 37.7 Å². The number of hydrogen-bond acceptors (Lipinski definition) is 7. The molecule has 1 aliphatic heterocycles. The number of non-ortho nitro benzene ring substituents is 1. The summed E-state index contributed by atoms with van der Waals surface area (Å²) in [6.45, 7) is 3.80. The molecule has 1 unspecified atom stereocenters. The van der Waals surface area contributed by atoms with Crippen LogP contribution in [-0.4, -0.2) is 43.3 Å². The predicted molar refractivity (Wildman–Crippen MR) is 97.5 cm³/mol. The highest BCUT2D eigenvalue weighted by molar-refractivity contribution is 5.60. The zero-order valence-electron chi connectivity index (χ0n) is 15.7. The summed E-state index contributed by atoms with van der Waals surface area (Å²) in [6.07, 6.45) is 4.52. The van der Waals surface area contributed by atoms with Gasteiger partial charge in [0.25, 0.3) is 5.69 Å². The molecule has 0 aromatic heterocycles. The molecule has 1 fully saturated rings. The number of ether oxygens (including phenoxy) is 4. The van der Waals surface area contributed by atoms with Gasteiger partial charge in [0.05, 0.1) is 11.5 Å². The molecule has 1 aromatic carbocycles. The van der Waals surface area contributed by atoms with E-state index in [1.807, 2.05) is 0 Å². The fourth-order valence-electron chi connectivity index (χ4n) is 2.67. The van der Waals surface area contributed by atoms with Gasteiger partial charge in [-0.3, -0.25) is 10.1 Å². The molecule has 0 amide bonds. The summed E-state index contributed by atoms with van der Waals surface area (Å²) in [5.74, 6) is -0.766. The molecule has 150 valence electrons. The summed E-state index contributed by atoms with van der Waals surface area (Å²) in [5.41, 5.74) is 1.18. The van der Waals surface area contributed by atoms with E-state index in [1.165, 1.54) is 12.1 Å². The number of unbranched alkanes of at least 4 members (excludes halogenated alkanes) is 2. The van der Waals surface area contributed by atoms with E-state index in [2.05, 4.69) is 0 Å². The molecule has 27 heavy (non-hydrogen) atoms. The average Bonchev–Trinajstić information content (AvgIpc) is 3.40. The maximum atomic E-state index is 11.3. The summed E-state index contributed by atoms with van der Waals surface area (Å²) in [6, 6.07) is 6.62. The second kappa shape index (κ2) is 10.8. The Morgan fingerprint density at radius 2 is 1.89 bits per heavy atom. The van der Waals surface area contributed by atoms with Gasteiger partial charge in [0.1, 0.15) is 6.61 Å². The third kappa shape index (κ3) is 7.92. The number of rotatable bonds is 13. The van der Waals surface area contributed by atoms with E-state index in [-0.39, 0.29) is 12.3 Å². The van der Waals surface area contributed by atoms with Crippen molar-refractivity contribution in [3.05, 3.63) is 39.9 Å². The second-order valence-electron chi connectivity index (χ2n) is 6.43. The van der Waals surface area contributed by atoms with E-state index in [0.29, 0.717) is 26.2 Å². The number of nitro groups is 1. The first-order valence-electron chi connectivity index (χ1n) is 9.35. The van der Waals surface area contributed by atoms with Gasteiger partial charge in [0, 0.05) is 31.8 Å². The Bertz CT molecular complexity index is 599. The van der Waals surface area contributed by atoms with Crippen molar-refractivity contribution in [2.24, 2.45) is 0 Å². The van der Waals surface area contributed by atoms with Crippen LogP contribution >= 0.6 is 0 Å². The van der Waals surface area contributed by atoms with Crippen LogP contribution in [0.5, 0.6) is 0 Å². The van der Waals surface area contributed by atoms with Crippen LogP contribution in [0.25, 0.3) is 0 Å². The number of benzene rings is 1. The summed E-state index contributed by atoms with van der Waals surface area (Å²) in [5, 5.41) is 10.6. The number of nitrogens with zero attached hydrogens (tertiary/aromatic N) is 1. The van der Waals surface area contributed by atoms with E-state index >= 15 is 0 Å². The van der Waals surface area contributed by atoms with Gasteiger partial charge in [-0.25, -0.2) is 4.79 Å². The van der Waals surface area contributed by atoms with Crippen molar-refractivity contribution in [3.8, 4) is 0 Å². The molecule has 0 radical (unpaired) electrons. The van der Waals surface area contributed by atoms with Crippen LogP contribution in [0.4, 0.5) is 10.5 Å². The highest BCUT2D eigenvalue weighted by Gasteiger charge is 2.49. The lowest BCUT2D eigenvalue weighted by atomic mass is 10.1. The maximum absolute atomic E-state index is 11.3. The van der Waals surface area contributed by atoms with Crippen LogP contribution in [0.15, 0.2) is 24.3 Å². The Morgan fingerprint density at radius 1 is 1.19 bits per heavy atom. The monoisotopic (exact) mass is 381 g/mol. The van der Waals surface area contributed by atoms with Crippen LogP contribution in [0, 0.1) is 10.1 Å². The molecule has 1 atom stereocenters. The molecule has 8 nitrogen and oxygen atoms in total. The second-order valence-corrected chi connectivity index (χ2v) is 6.43. The minimum absolute atomic E-state index is 0.112. The van der Waals surface area contributed by atoms with Crippen molar-refractivity contribution in [3.63, 3.8) is 0 Å². The Balaban J connectivity index is 1.45. The van der Waals surface area contributed by atoms with E-state index in [9.17, 15) is 14.9 Å². The van der Waals surface area contributed by atoms with Gasteiger partial charge in [-0.2, -0.15) is 0 Å². The maximum Gasteiger partial charge on any atom is 0.510 e. The van der Waals surface area contributed by atoms with Crippen LogP contribution in [-0.2, 0) is 25.4 Å². The van der Waals surface area contributed by atoms with Crippen molar-refractivity contribution in [1.82, 2.24) is 0 Å². The minimum Gasteiger partial charge on any atom is -0.435 e. The third-order valence-corrected chi connectivity index (χ3v) is 4.25. The molecular formula is C19H27NO7. The molecular weight excluding hydrogens is 354 g/mol. The Hall–Kier alpha value is -2.19. The summed E-state index contributed by atoms with van der Waals surface area (Å²) in [7, 11) is 0. The largest absolute Gasteiger partial charge is 0.510 e. The van der Waals surface area contributed by atoms with Crippen molar-refractivity contribution in [1.29, 1.82) is 0 Å². The summed E-state index contributed by atoms with van der Waals surface area (Å²) < 4.78 is 20.8. The molecule has 0 bridgehead atoms. The predicted octanol–water partition coefficient (Wildman–Crippen LogP) is 4.00. The summed E-state index contributed by atoms with van der Waals surface area (Å²) >= 11 is 0.